The zero-order chi connectivity index (χ0) is 12.5. The van der Waals surface area contributed by atoms with Gasteiger partial charge in [-0.05, 0) is 18.2 Å². The summed E-state index contributed by atoms with van der Waals surface area (Å²) in [5.41, 5.74) is 1.59. The first-order valence-corrected chi connectivity index (χ1v) is 6.15. The lowest BCUT2D eigenvalue weighted by Gasteiger charge is -2.08. The molecule has 2 nitrogen and oxygen atoms in total. The highest BCUT2D eigenvalue weighted by molar-refractivity contribution is 6.31. The molecule has 0 N–H and O–H groups in total. The van der Waals surface area contributed by atoms with Crippen LogP contribution in [0.5, 0.6) is 5.75 Å². The largest absolute Gasteiger partial charge is 0.492 e. The van der Waals surface area contributed by atoms with Crippen molar-refractivity contribution in [3.05, 3.63) is 64.7 Å². The summed E-state index contributed by atoms with van der Waals surface area (Å²) in [5, 5.41) is 0.577. The average molecular weight is 259 g/mol. The van der Waals surface area contributed by atoms with E-state index in [1.54, 1.807) is 24.3 Å². The van der Waals surface area contributed by atoms with Crippen LogP contribution in [0.2, 0.25) is 5.02 Å². The van der Waals surface area contributed by atoms with Gasteiger partial charge in [0.1, 0.15) is 12.4 Å². The van der Waals surface area contributed by atoms with Crippen LogP contribution in [0, 0.1) is 0 Å². The minimum absolute atomic E-state index is 0.0578. The molecule has 0 amide bonds. The maximum absolute atomic E-state index is 12.4. The number of carbonyl (C=O) groups excluding carboxylic acids is 1. The van der Waals surface area contributed by atoms with Gasteiger partial charge in [0.15, 0.2) is 5.78 Å². The van der Waals surface area contributed by atoms with Crippen LogP contribution in [-0.4, -0.2) is 12.4 Å². The van der Waals surface area contributed by atoms with Crippen LogP contribution in [0.4, 0.5) is 0 Å². The lowest BCUT2D eigenvalue weighted by atomic mass is 9.92. The van der Waals surface area contributed by atoms with Gasteiger partial charge in [-0.25, -0.2) is 0 Å². The molecule has 0 spiro atoms. The first kappa shape index (κ1) is 11.3. The molecule has 3 heteroatoms. The van der Waals surface area contributed by atoms with Gasteiger partial charge < -0.3 is 4.74 Å². The Morgan fingerprint density at radius 2 is 2.00 bits per heavy atom. The lowest BCUT2D eigenvalue weighted by Crippen LogP contribution is -2.14. The number of rotatable bonds is 2. The number of ketones is 1. The molecule has 0 radical (unpaired) electrons. The number of halogens is 1. The second-order valence-electron chi connectivity index (χ2n) is 4.28. The van der Waals surface area contributed by atoms with E-state index in [2.05, 4.69) is 0 Å². The molecule has 2 aromatic rings. The van der Waals surface area contributed by atoms with Crippen LogP contribution < -0.4 is 4.74 Å². The molecule has 0 fully saturated rings. The molecular weight excluding hydrogens is 248 g/mol. The van der Waals surface area contributed by atoms with Gasteiger partial charge in [-0.2, -0.15) is 0 Å². The Labute approximate surface area is 110 Å². The van der Waals surface area contributed by atoms with Crippen molar-refractivity contribution >= 4 is 17.4 Å². The quantitative estimate of drug-likeness (QED) is 0.768. The molecule has 18 heavy (non-hydrogen) atoms. The van der Waals surface area contributed by atoms with E-state index in [0.717, 1.165) is 11.3 Å². The van der Waals surface area contributed by atoms with Crippen molar-refractivity contribution in [3.63, 3.8) is 0 Å². The van der Waals surface area contributed by atoms with Gasteiger partial charge >= 0.3 is 0 Å². The fraction of sp³-hybridized carbons (Fsp3) is 0.133. The van der Waals surface area contributed by atoms with Crippen LogP contribution in [0.3, 0.4) is 0 Å². The standard InChI is InChI=1S/C15H11ClO2/c16-11-5-3-4-10(8-11)15(17)13-9-18-14-7-2-1-6-12(13)14/h1-8,13H,9H2. The van der Waals surface area contributed by atoms with Gasteiger partial charge in [0.05, 0.1) is 5.92 Å². The maximum Gasteiger partial charge on any atom is 0.173 e. The third kappa shape index (κ3) is 1.89. The minimum Gasteiger partial charge on any atom is -0.492 e. The van der Waals surface area contributed by atoms with E-state index >= 15 is 0 Å². The fourth-order valence-electron chi connectivity index (χ4n) is 2.22. The number of Topliss-reactive ketones (excluding diaryl/α,β-unsaturated/α-hetero) is 1. The molecule has 1 aliphatic rings. The summed E-state index contributed by atoms with van der Waals surface area (Å²) in [6.07, 6.45) is 0. The van der Waals surface area contributed by atoms with Crippen LogP contribution in [-0.2, 0) is 0 Å². The Hall–Kier alpha value is -1.80. The average Bonchev–Trinajstić information content (AvgIpc) is 2.82. The molecule has 0 aromatic heterocycles. The summed E-state index contributed by atoms with van der Waals surface area (Å²) in [6.45, 7) is 0.407. The topological polar surface area (TPSA) is 26.3 Å². The Morgan fingerprint density at radius 3 is 2.83 bits per heavy atom. The van der Waals surface area contributed by atoms with E-state index in [1.807, 2.05) is 24.3 Å². The third-order valence-electron chi connectivity index (χ3n) is 3.13. The second kappa shape index (κ2) is 4.46. The molecule has 90 valence electrons. The lowest BCUT2D eigenvalue weighted by molar-refractivity contribution is 0.0947. The molecule has 1 heterocycles. The predicted octanol–water partition coefficient (Wildman–Crippen LogP) is 3.70. The van der Waals surface area contributed by atoms with E-state index in [9.17, 15) is 4.79 Å². The molecule has 0 saturated carbocycles. The SMILES string of the molecule is O=C(c1cccc(Cl)c1)C1COc2ccccc21. The Balaban J connectivity index is 1.96. The number of para-hydroxylation sites is 1. The van der Waals surface area contributed by atoms with E-state index in [1.165, 1.54) is 0 Å². The summed E-state index contributed by atoms with van der Waals surface area (Å²) in [6, 6.07) is 14.7. The number of benzene rings is 2. The predicted molar refractivity (Wildman–Crippen MR) is 70.5 cm³/mol. The van der Waals surface area contributed by atoms with Crippen LogP contribution >= 0.6 is 11.6 Å². The Kier molecular flexibility index (Phi) is 2.80. The molecular formula is C15H11ClO2. The van der Waals surface area contributed by atoms with Gasteiger partial charge in [0, 0.05) is 16.1 Å². The highest BCUT2D eigenvalue weighted by Crippen LogP contribution is 2.35. The zero-order valence-electron chi connectivity index (χ0n) is 9.60. The number of fused-ring (bicyclic) bond motifs is 1. The Bertz CT molecular complexity index is 607. The second-order valence-corrected chi connectivity index (χ2v) is 4.71. The Morgan fingerprint density at radius 1 is 1.17 bits per heavy atom. The van der Waals surface area contributed by atoms with Gasteiger partial charge in [-0.3, -0.25) is 4.79 Å². The van der Waals surface area contributed by atoms with Gasteiger partial charge in [-0.15, -0.1) is 0 Å². The minimum atomic E-state index is -0.223. The summed E-state index contributed by atoms with van der Waals surface area (Å²) in [7, 11) is 0. The summed E-state index contributed by atoms with van der Waals surface area (Å²) in [4.78, 5) is 12.4. The number of hydrogen-bond donors (Lipinski definition) is 0. The summed E-state index contributed by atoms with van der Waals surface area (Å²) < 4.78 is 5.53. The van der Waals surface area contributed by atoms with E-state index in [-0.39, 0.29) is 11.7 Å². The molecule has 0 bridgehead atoms. The molecule has 0 aliphatic carbocycles. The van der Waals surface area contributed by atoms with Crippen molar-refractivity contribution in [2.24, 2.45) is 0 Å². The first-order valence-electron chi connectivity index (χ1n) is 5.77. The number of ether oxygens (including phenoxy) is 1. The summed E-state index contributed by atoms with van der Waals surface area (Å²) in [5.74, 6) is 0.639. The first-order chi connectivity index (χ1) is 8.75. The van der Waals surface area contributed by atoms with Crippen molar-refractivity contribution in [2.75, 3.05) is 6.61 Å². The van der Waals surface area contributed by atoms with Crippen LogP contribution in [0.15, 0.2) is 48.5 Å². The van der Waals surface area contributed by atoms with Crippen molar-refractivity contribution in [1.82, 2.24) is 0 Å². The van der Waals surface area contributed by atoms with Gasteiger partial charge in [0.25, 0.3) is 0 Å². The molecule has 2 aromatic carbocycles. The molecule has 1 aliphatic heterocycles. The van der Waals surface area contributed by atoms with Crippen LogP contribution in [0.1, 0.15) is 21.8 Å². The van der Waals surface area contributed by atoms with E-state index in [4.69, 9.17) is 16.3 Å². The number of hydrogen-bond acceptors (Lipinski definition) is 2. The fourth-order valence-corrected chi connectivity index (χ4v) is 2.41. The molecule has 0 saturated heterocycles. The summed E-state index contributed by atoms with van der Waals surface area (Å²) >= 11 is 5.91. The highest BCUT2D eigenvalue weighted by atomic mass is 35.5. The third-order valence-corrected chi connectivity index (χ3v) is 3.36. The molecule has 1 unspecified atom stereocenters. The monoisotopic (exact) mass is 258 g/mol. The van der Waals surface area contributed by atoms with Crippen molar-refractivity contribution in [1.29, 1.82) is 0 Å². The van der Waals surface area contributed by atoms with Crippen molar-refractivity contribution in [3.8, 4) is 5.75 Å². The van der Waals surface area contributed by atoms with Crippen molar-refractivity contribution in [2.45, 2.75) is 5.92 Å². The van der Waals surface area contributed by atoms with Gasteiger partial charge in [0.2, 0.25) is 0 Å². The van der Waals surface area contributed by atoms with Crippen LogP contribution in [0.25, 0.3) is 0 Å². The smallest absolute Gasteiger partial charge is 0.173 e. The van der Waals surface area contributed by atoms with Crippen molar-refractivity contribution < 1.29 is 9.53 Å². The molecule has 3 rings (SSSR count). The normalized spacial score (nSPS) is 17.1. The maximum atomic E-state index is 12.4. The number of carbonyl (C=O) groups is 1. The van der Waals surface area contributed by atoms with E-state index < -0.39 is 0 Å². The molecule has 1 atom stereocenters. The highest BCUT2D eigenvalue weighted by Gasteiger charge is 2.30. The van der Waals surface area contributed by atoms with Gasteiger partial charge in [-0.1, -0.05) is 41.9 Å². The zero-order valence-corrected chi connectivity index (χ0v) is 10.4. The van der Waals surface area contributed by atoms with E-state index in [0.29, 0.717) is 17.2 Å².